The highest BCUT2D eigenvalue weighted by molar-refractivity contribution is 5.94. The van der Waals surface area contributed by atoms with Gasteiger partial charge in [-0.1, -0.05) is 42.0 Å². The van der Waals surface area contributed by atoms with Crippen LogP contribution in [0.25, 0.3) is 5.69 Å². The van der Waals surface area contributed by atoms with Crippen LogP contribution in [0.4, 0.5) is 5.69 Å². The summed E-state index contributed by atoms with van der Waals surface area (Å²) in [6, 6.07) is 15.6. The molecule has 7 heteroatoms. The zero-order valence-corrected chi connectivity index (χ0v) is 18.9. The van der Waals surface area contributed by atoms with E-state index in [1.54, 1.807) is 0 Å². The van der Waals surface area contributed by atoms with E-state index in [0.29, 0.717) is 18.7 Å². The van der Waals surface area contributed by atoms with Crippen molar-refractivity contribution in [3.05, 3.63) is 76.6 Å². The van der Waals surface area contributed by atoms with Crippen LogP contribution in [-0.2, 0) is 27.3 Å². The van der Waals surface area contributed by atoms with Crippen molar-refractivity contribution >= 4 is 17.6 Å². The number of hydrogen-bond donors (Lipinski definition) is 1. The Morgan fingerprint density at radius 2 is 1.75 bits per heavy atom. The minimum Gasteiger partial charge on any atom is -0.468 e. The molecule has 2 heterocycles. The van der Waals surface area contributed by atoms with Gasteiger partial charge in [-0.3, -0.25) is 14.5 Å². The number of methoxy groups -OCH3 is 1. The van der Waals surface area contributed by atoms with Gasteiger partial charge in [0.1, 0.15) is 6.04 Å². The zero-order valence-electron chi connectivity index (χ0n) is 18.9. The third kappa shape index (κ3) is 4.29. The van der Waals surface area contributed by atoms with E-state index in [0.717, 1.165) is 28.2 Å². The Kier molecular flexibility index (Phi) is 6.10. The highest BCUT2D eigenvalue weighted by Gasteiger charge is 2.33. The summed E-state index contributed by atoms with van der Waals surface area (Å²) in [5, 5.41) is 7.62. The van der Waals surface area contributed by atoms with E-state index in [4.69, 9.17) is 4.74 Å². The molecule has 166 valence electrons. The first-order valence-corrected chi connectivity index (χ1v) is 10.7. The Balaban J connectivity index is 1.53. The quantitative estimate of drug-likeness (QED) is 0.626. The maximum atomic E-state index is 13.0. The topological polar surface area (TPSA) is 76.5 Å². The van der Waals surface area contributed by atoms with Crippen molar-refractivity contribution in [2.24, 2.45) is 0 Å². The summed E-state index contributed by atoms with van der Waals surface area (Å²) in [7, 11) is 1.38. The van der Waals surface area contributed by atoms with E-state index >= 15 is 0 Å². The summed E-state index contributed by atoms with van der Waals surface area (Å²) in [5.74, 6) is -0.514. The second kappa shape index (κ2) is 8.96. The fraction of sp³-hybridized carbons (Fsp3) is 0.320. The number of amides is 1. The van der Waals surface area contributed by atoms with Gasteiger partial charge in [0, 0.05) is 6.54 Å². The molecule has 2 aromatic carbocycles. The number of benzene rings is 2. The molecule has 7 nitrogen and oxygen atoms in total. The molecule has 0 fully saturated rings. The summed E-state index contributed by atoms with van der Waals surface area (Å²) in [5.41, 5.74) is 6.65. The van der Waals surface area contributed by atoms with Crippen LogP contribution >= 0.6 is 0 Å². The summed E-state index contributed by atoms with van der Waals surface area (Å²) in [6.07, 6.45) is 0.527. The molecule has 0 spiro atoms. The van der Waals surface area contributed by atoms with Crippen LogP contribution < -0.4 is 5.32 Å². The van der Waals surface area contributed by atoms with Crippen LogP contribution in [0.2, 0.25) is 0 Å². The van der Waals surface area contributed by atoms with Crippen molar-refractivity contribution in [1.82, 2.24) is 14.7 Å². The second-order valence-corrected chi connectivity index (χ2v) is 8.26. The average Bonchev–Trinajstić information content (AvgIpc) is 3.06. The van der Waals surface area contributed by atoms with Crippen LogP contribution in [0.15, 0.2) is 48.5 Å². The smallest absolute Gasteiger partial charge is 0.323 e. The molecule has 3 aromatic rings. The Labute approximate surface area is 188 Å². The lowest BCUT2D eigenvalue weighted by Crippen LogP contribution is -2.49. The van der Waals surface area contributed by atoms with Gasteiger partial charge in [0.25, 0.3) is 0 Å². The van der Waals surface area contributed by atoms with Crippen molar-refractivity contribution < 1.29 is 14.3 Å². The number of carbonyl (C=O) groups excluding carboxylic acids is 2. The molecule has 0 saturated carbocycles. The molecular weight excluding hydrogens is 404 g/mol. The second-order valence-electron chi connectivity index (χ2n) is 8.26. The first kappa shape index (κ1) is 21.8. The minimum absolute atomic E-state index is 0.0860. The maximum Gasteiger partial charge on any atom is 0.323 e. The molecule has 1 aliphatic heterocycles. The lowest BCUT2D eigenvalue weighted by Gasteiger charge is -2.34. The number of carbonyl (C=O) groups is 2. The lowest BCUT2D eigenvalue weighted by atomic mass is 9.94. The molecule has 4 rings (SSSR count). The van der Waals surface area contributed by atoms with E-state index in [1.807, 2.05) is 78.9 Å². The molecule has 0 aliphatic carbocycles. The van der Waals surface area contributed by atoms with Crippen molar-refractivity contribution in [1.29, 1.82) is 0 Å². The monoisotopic (exact) mass is 432 g/mol. The predicted molar refractivity (Wildman–Crippen MR) is 123 cm³/mol. The largest absolute Gasteiger partial charge is 0.468 e. The van der Waals surface area contributed by atoms with Crippen molar-refractivity contribution in [3.63, 3.8) is 0 Å². The Morgan fingerprint density at radius 1 is 1.06 bits per heavy atom. The van der Waals surface area contributed by atoms with Gasteiger partial charge >= 0.3 is 5.97 Å². The van der Waals surface area contributed by atoms with Gasteiger partial charge in [-0.2, -0.15) is 5.10 Å². The Hall–Kier alpha value is -3.45. The molecule has 0 bridgehead atoms. The van der Waals surface area contributed by atoms with E-state index in [1.165, 1.54) is 12.7 Å². The summed E-state index contributed by atoms with van der Waals surface area (Å²) >= 11 is 0. The molecule has 0 radical (unpaired) electrons. The van der Waals surface area contributed by atoms with Gasteiger partial charge in [-0.25, -0.2) is 4.68 Å². The molecule has 1 N–H and O–H groups in total. The average molecular weight is 433 g/mol. The van der Waals surface area contributed by atoms with Gasteiger partial charge in [0.05, 0.1) is 36.4 Å². The minimum atomic E-state index is -0.488. The molecule has 1 aliphatic rings. The third-order valence-electron chi connectivity index (χ3n) is 6.00. The molecule has 1 amide bonds. The highest BCUT2D eigenvalue weighted by atomic mass is 16.5. The van der Waals surface area contributed by atoms with Crippen molar-refractivity contribution in [2.45, 2.75) is 39.8 Å². The SMILES string of the molecule is COC(=O)C1Cc2ccccc2CN1CC(=O)Nc1c(C)nn(-c2ccc(C)cc2)c1C. The Morgan fingerprint density at radius 3 is 2.44 bits per heavy atom. The number of esters is 1. The van der Waals surface area contributed by atoms with Crippen molar-refractivity contribution in [3.8, 4) is 5.69 Å². The van der Waals surface area contributed by atoms with E-state index < -0.39 is 6.04 Å². The zero-order chi connectivity index (χ0) is 22.8. The maximum absolute atomic E-state index is 13.0. The predicted octanol–water partition coefficient (Wildman–Crippen LogP) is 3.34. The number of aryl methyl sites for hydroxylation is 2. The summed E-state index contributed by atoms with van der Waals surface area (Å²) < 4.78 is 6.84. The van der Waals surface area contributed by atoms with Crippen LogP contribution in [0, 0.1) is 20.8 Å². The lowest BCUT2D eigenvalue weighted by molar-refractivity contribution is -0.148. The van der Waals surface area contributed by atoms with Crippen LogP contribution in [0.1, 0.15) is 28.1 Å². The number of fused-ring (bicyclic) bond motifs is 1. The first-order chi connectivity index (χ1) is 15.4. The van der Waals surface area contributed by atoms with E-state index in [2.05, 4.69) is 10.4 Å². The van der Waals surface area contributed by atoms with Gasteiger partial charge in [0.2, 0.25) is 5.91 Å². The van der Waals surface area contributed by atoms with Crippen LogP contribution in [0.5, 0.6) is 0 Å². The molecule has 0 saturated heterocycles. The fourth-order valence-electron chi connectivity index (χ4n) is 4.24. The van der Waals surface area contributed by atoms with Gasteiger partial charge in [-0.15, -0.1) is 0 Å². The van der Waals surface area contributed by atoms with Crippen molar-refractivity contribution in [2.75, 3.05) is 19.0 Å². The Bertz CT molecular complexity index is 1150. The van der Waals surface area contributed by atoms with Gasteiger partial charge < -0.3 is 10.1 Å². The molecule has 32 heavy (non-hydrogen) atoms. The van der Waals surface area contributed by atoms with E-state index in [-0.39, 0.29) is 18.4 Å². The molecule has 1 unspecified atom stereocenters. The number of aromatic nitrogens is 2. The van der Waals surface area contributed by atoms with Crippen LogP contribution in [-0.4, -0.2) is 46.3 Å². The number of nitrogens with one attached hydrogen (secondary N) is 1. The standard InChI is InChI=1S/C25H28N4O3/c1-16-9-11-21(12-10-16)29-18(3)24(17(2)27-29)26-23(30)15-28-14-20-8-6-5-7-19(20)13-22(28)25(31)32-4/h5-12,22H,13-15H2,1-4H3,(H,26,30). The molecular formula is C25H28N4O3. The summed E-state index contributed by atoms with van der Waals surface area (Å²) in [6.45, 7) is 6.45. The van der Waals surface area contributed by atoms with Gasteiger partial charge in [-0.05, 0) is 50.5 Å². The van der Waals surface area contributed by atoms with Crippen LogP contribution in [0.3, 0.4) is 0 Å². The fourth-order valence-corrected chi connectivity index (χ4v) is 4.24. The van der Waals surface area contributed by atoms with E-state index in [9.17, 15) is 9.59 Å². The number of ether oxygens (including phenoxy) is 1. The normalized spacial score (nSPS) is 15.8. The molecule has 1 aromatic heterocycles. The number of anilines is 1. The van der Waals surface area contributed by atoms with Gasteiger partial charge in [0.15, 0.2) is 0 Å². The highest BCUT2D eigenvalue weighted by Crippen LogP contribution is 2.26. The third-order valence-corrected chi connectivity index (χ3v) is 6.00. The number of hydrogen-bond acceptors (Lipinski definition) is 5. The number of rotatable bonds is 5. The molecule has 1 atom stereocenters. The first-order valence-electron chi connectivity index (χ1n) is 10.7. The summed E-state index contributed by atoms with van der Waals surface area (Å²) in [4.78, 5) is 27.3. The number of nitrogens with zero attached hydrogens (tertiary/aromatic N) is 3.